The highest BCUT2D eigenvalue weighted by atomic mass is 16.2. The lowest BCUT2D eigenvalue weighted by atomic mass is 10.1. The molecule has 5 heteroatoms. The van der Waals surface area contributed by atoms with E-state index in [9.17, 15) is 4.79 Å². The highest BCUT2D eigenvalue weighted by Crippen LogP contribution is 2.22. The summed E-state index contributed by atoms with van der Waals surface area (Å²) in [6, 6.07) is 18.0. The second-order valence-corrected chi connectivity index (χ2v) is 6.56. The van der Waals surface area contributed by atoms with Crippen molar-refractivity contribution in [3.8, 4) is 0 Å². The molecule has 0 unspecified atom stereocenters. The number of aryl methyl sites for hydroxylation is 1. The van der Waals surface area contributed by atoms with Crippen LogP contribution in [0.15, 0.2) is 54.6 Å². The molecule has 0 aromatic heterocycles. The van der Waals surface area contributed by atoms with Gasteiger partial charge in [0.25, 0.3) is 0 Å². The Labute approximate surface area is 156 Å². The van der Waals surface area contributed by atoms with E-state index < -0.39 is 0 Å². The highest BCUT2D eigenvalue weighted by molar-refractivity contribution is 5.89. The minimum atomic E-state index is -0.147. The Balaban J connectivity index is 1.38. The predicted octanol–water partition coefficient (Wildman–Crippen LogP) is 3.19. The SMILES string of the molecule is CCc1ccccc1N1CCN(CCNC(=O)Nc2ccccc2)CC1. The molecule has 2 aromatic carbocycles. The van der Waals surface area contributed by atoms with Gasteiger partial charge in [0.15, 0.2) is 0 Å². The van der Waals surface area contributed by atoms with Gasteiger partial charge >= 0.3 is 6.03 Å². The van der Waals surface area contributed by atoms with Crippen LogP contribution < -0.4 is 15.5 Å². The number of amides is 2. The second-order valence-electron chi connectivity index (χ2n) is 6.56. The standard InChI is InChI=1S/C21H28N4O/c1-2-18-8-6-7-11-20(18)25-16-14-24(15-17-25)13-12-22-21(26)23-19-9-4-3-5-10-19/h3-11H,2,12-17H2,1H3,(H2,22,23,26). The molecule has 138 valence electrons. The van der Waals surface area contributed by atoms with Crippen molar-refractivity contribution >= 4 is 17.4 Å². The van der Waals surface area contributed by atoms with Gasteiger partial charge in [-0.2, -0.15) is 0 Å². The number of hydrogen-bond donors (Lipinski definition) is 2. The minimum Gasteiger partial charge on any atom is -0.369 e. The van der Waals surface area contributed by atoms with Gasteiger partial charge < -0.3 is 15.5 Å². The number of rotatable bonds is 6. The van der Waals surface area contributed by atoms with Gasteiger partial charge in [-0.05, 0) is 30.2 Å². The number of nitrogens with one attached hydrogen (secondary N) is 2. The van der Waals surface area contributed by atoms with E-state index in [1.54, 1.807) is 0 Å². The molecule has 26 heavy (non-hydrogen) atoms. The molecule has 1 aliphatic heterocycles. The van der Waals surface area contributed by atoms with Crippen molar-refractivity contribution < 1.29 is 4.79 Å². The normalized spacial score (nSPS) is 14.9. The molecular formula is C21H28N4O. The van der Waals surface area contributed by atoms with Crippen LogP contribution in [0.4, 0.5) is 16.2 Å². The summed E-state index contributed by atoms with van der Waals surface area (Å²) < 4.78 is 0. The zero-order valence-electron chi connectivity index (χ0n) is 15.4. The fourth-order valence-corrected chi connectivity index (χ4v) is 3.36. The summed E-state index contributed by atoms with van der Waals surface area (Å²) in [5, 5.41) is 5.78. The van der Waals surface area contributed by atoms with E-state index in [1.807, 2.05) is 30.3 Å². The third kappa shape index (κ3) is 4.99. The van der Waals surface area contributed by atoms with Gasteiger partial charge in [-0.25, -0.2) is 4.79 Å². The molecule has 1 fully saturated rings. The summed E-state index contributed by atoms with van der Waals surface area (Å²) in [6.45, 7) is 7.87. The van der Waals surface area contributed by atoms with Crippen molar-refractivity contribution in [2.75, 3.05) is 49.5 Å². The molecule has 5 nitrogen and oxygen atoms in total. The molecule has 1 saturated heterocycles. The van der Waals surface area contributed by atoms with Gasteiger partial charge in [-0.1, -0.05) is 43.3 Å². The Hall–Kier alpha value is -2.53. The first kappa shape index (κ1) is 18.3. The fraction of sp³-hybridized carbons (Fsp3) is 0.381. The Bertz CT molecular complexity index is 696. The van der Waals surface area contributed by atoms with Crippen LogP contribution in [0.5, 0.6) is 0 Å². The lowest BCUT2D eigenvalue weighted by molar-refractivity contribution is 0.240. The van der Waals surface area contributed by atoms with Crippen molar-refractivity contribution in [1.82, 2.24) is 10.2 Å². The monoisotopic (exact) mass is 352 g/mol. The molecule has 0 spiro atoms. The Morgan fingerprint density at radius 3 is 2.38 bits per heavy atom. The summed E-state index contributed by atoms with van der Waals surface area (Å²) in [6.07, 6.45) is 1.07. The van der Waals surface area contributed by atoms with E-state index >= 15 is 0 Å². The van der Waals surface area contributed by atoms with Gasteiger partial charge in [0, 0.05) is 50.6 Å². The highest BCUT2D eigenvalue weighted by Gasteiger charge is 2.18. The molecule has 2 amide bonds. The maximum Gasteiger partial charge on any atom is 0.319 e. The third-order valence-corrected chi connectivity index (χ3v) is 4.83. The van der Waals surface area contributed by atoms with Gasteiger partial charge in [-0.3, -0.25) is 4.90 Å². The van der Waals surface area contributed by atoms with Crippen LogP contribution in [0.25, 0.3) is 0 Å². The number of para-hydroxylation sites is 2. The molecule has 2 aromatic rings. The van der Waals surface area contributed by atoms with E-state index in [2.05, 4.69) is 51.6 Å². The first-order valence-electron chi connectivity index (χ1n) is 9.41. The Kier molecular flexibility index (Phi) is 6.50. The number of benzene rings is 2. The largest absolute Gasteiger partial charge is 0.369 e. The lowest BCUT2D eigenvalue weighted by Crippen LogP contribution is -2.49. The Morgan fingerprint density at radius 1 is 0.962 bits per heavy atom. The molecule has 3 rings (SSSR count). The second kappa shape index (κ2) is 9.25. The average Bonchev–Trinajstić information content (AvgIpc) is 2.69. The fourth-order valence-electron chi connectivity index (χ4n) is 3.36. The minimum absolute atomic E-state index is 0.147. The summed E-state index contributed by atoms with van der Waals surface area (Å²) in [4.78, 5) is 16.8. The topological polar surface area (TPSA) is 47.6 Å². The van der Waals surface area contributed by atoms with Crippen LogP contribution in [0.2, 0.25) is 0 Å². The predicted molar refractivity (Wildman–Crippen MR) is 108 cm³/mol. The summed E-state index contributed by atoms with van der Waals surface area (Å²) in [7, 11) is 0. The third-order valence-electron chi connectivity index (χ3n) is 4.83. The number of hydrogen-bond acceptors (Lipinski definition) is 3. The maximum absolute atomic E-state index is 11.9. The molecule has 1 heterocycles. The quantitative estimate of drug-likeness (QED) is 0.839. The van der Waals surface area contributed by atoms with E-state index in [-0.39, 0.29) is 6.03 Å². The lowest BCUT2D eigenvalue weighted by Gasteiger charge is -2.37. The number of carbonyl (C=O) groups excluding carboxylic acids is 1. The zero-order valence-corrected chi connectivity index (χ0v) is 15.4. The molecule has 0 atom stereocenters. The molecule has 0 radical (unpaired) electrons. The molecule has 0 bridgehead atoms. The van der Waals surface area contributed by atoms with E-state index in [4.69, 9.17) is 0 Å². The van der Waals surface area contributed by atoms with Crippen LogP contribution in [-0.2, 0) is 6.42 Å². The first-order valence-corrected chi connectivity index (χ1v) is 9.41. The van der Waals surface area contributed by atoms with Crippen molar-refractivity contribution in [3.05, 3.63) is 60.2 Å². The number of carbonyl (C=O) groups is 1. The molecule has 0 aliphatic carbocycles. The van der Waals surface area contributed by atoms with Gasteiger partial charge in [-0.15, -0.1) is 0 Å². The van der Waals surface area contributed by atoms with E-state index in [1.165, 1.54) is 11.3 Å². The van der Waals surface area contributed by atoms with Crippen molar-refractivity contribution in [1.29, 1.82) is 0 Å². The molecule has 2 N–H and O–H groups in total. The summed E-state index contributed by atoms with van der Waals surface area (Å²) in [5.41, 5.74) is 3.60. The van der Waals surface area contributed by atoms with Crippen LogP contribution in [0.3, 0.4) is 0 Å². The molecule has 1 aliphatic rings. The van der Waals surface area contributed by atoms with Crippen LogP contribution in [0.1, 0.15) is 12.5 Å². The van der Waals surface area contributed by atoms with Crippen molar-refractivity contribution in [2.24, 2.45) is 0 Å². The van der Waals surface area contributed by atoms with Gasteiger partial charge in [0.2, 0.25) is 0 Å². The van der Waals surface area contributed by atoms with Gasteiger partial charge in [0.05, 0.1) is 0 Å². The van der Waals surface area contributed by atoms with Gasteiger partial charge in [0.1, 0.15) is 0 Å². The number of anilines is 2. The first-order chi connectivity index (χ1) is 12.8. The number of nitrogens with zero attached hydrogens (tertiary/aromatic N) is 2. The van der Waals surface area contributed by atoms with Crippen LogP contribution in [0, 0.1) is 0 Å². The smallest absolute Gasteiger partial charge is 0.319 e. The molecule has 0 saturated carbocycles. The van der Waals surface area contributed by atoms with E-state index in [0.717, 1.165) is 44.8 Å². The molecular weight excluding hydrogens is 324 g/mol. The zero-order chi connectivity index (χ0) is 18.2. The Morgan fingerprint density at radius 2 is 1.65 bits per heavy atom. The van der Waals surface area contributed by atoms with Crippen LogP contribution in [-0.4, -0.2) is 50.2 Å². The number of urea groups is 1. The van der Waals surface area contributed by atoms with Crippen molar-refractivity contribution in [2.45, 2.75) is 13.3 Å². The maximum atomic E-state index is 11.9. The summed E-state index contributed by atoms with van der Waals surface area (Å²) >= 11 is 0. The van der Waals surface area contributed by atoms with Crippen LogP contribution >= 0.6 is 0 Å². The average molecular weight is 352 g/mol. The van der Waals surface area contributed by atoms with E-state index in [0.29, 0.717) is 6.54 Å². The number of piperazine rings is 1. The summed E-state index contributed by atoms with van der Waals surface area (Å²) in [5.74, 6) is 0. The van der Waals surface area contributed by atoms with Crippen molar-refractivity contribution in [3.63, 3.8) is 0 Å².